The van der Waals surface area contributed by atoms with Gasteiger partial charge in [-0.1, -0.05) is 18.6 Å². The number of rotatable bonds is 4. The maximum Gasteiger partial charge on any atom is 0.0630 e. The summed E-state index contributed by atoms with van der Waals surface area (Å²) < 4.78 is 1.20. The van der Waals surface area contributed by atoms with Crippen LogP contribution in [0.25, 0.3) is 0 Å². The summed E-state index contributed by atoms with van der Waals surface area (Å²) in [4.78, 5) is 1.43. The SMILES string of the molecule is CCNC(C1=CCCCC1)c1cc(Br)cs1. The molecule has 0 bridgehead atoms. The second kappa shape index (κ2) is 5.99. The summed E-state index contributed by atoms with van der Waals surface area (Å²) in [5, 5.41) is 5.77. The summed E-state index contributed by atoms with van der Waals surface area (Å²) >= 11 is 5.38. The Kier molecular flexibility index (Phi) is 4.62. The second-order valence-corrected chi connectivity index (χ2v) is 6.04. The molecule has 16 heavy (non-hydrogen) atoms. The third kappa shape index (κ3) is 2.96. The predicted octanol–water partition coefficient (Wildman–Crippen LogP) is 4.66. The van der Waals surface area contributed by atoms with Crippen LogP contribution in [0.1, 0.15) is 43.5 Å². The van der Waals surface area contributed by atoms with Crippen molar-refractivity contribution in [2.75, 3.05) is 6.54 Å². The summed E-state index contributed by atoms with van der Waals surface area (Å²) in [6, 6.07) is 2.69. The average molecular weight is 300 g/mol. The lowest BCUT2D eigenvalue weighted by atomic mass is 9.93. The fourth-order valence-corrected chi connectivity index (χ4v) is 3.78. The van der Waals surface area contributed by atoms with Gasteiger partial charge in [0, 0.05) is 14.7 Å². The molecule has 0 fully saturated rings. The van der Waals surface area contributed by atoms with Crippen molar-refractivity contribution in [1.29, 1.82) is 0 Å². The van der Waals surface area contributed by atoms with Crippen LogP contribution in [0.2, 0.25) is 0 Å². The van der Waals surface area contributed by atoms with Gasteiger partial charge in [0.1, 0.15) is 0 Å². The van der Waals surface area contributed by atoms with Gasteiger partial charge in [-0.05, 0) is 54.2 Å². The molecule has 2 rings (SSSR count). The Labute approximate surface area is 110 Å². The van der Waals surface area contributed by atoms with E-state index in [9.17, 15) is 0 Å². The number of likely N-dealkylation sites (N-methyl/N-ethyl adjacent to an activating group) is 1. The van der Waals surface area contributed by atoms with E-state index in [0.717, 1.165) is 6.54 Å². The maximum atomic E-state index is 3.60. The highest BCUT2D eigenvalue weighted by Gasteiger charge is 2.18. The van der Waals surface area contributed by atoms with E-state index in [0.29, 0.717) is 6.04 Å². The molecule has 1 aromatic rings. The molecule has 88 valence electrons. The van der Waals surface area contributed by atoms with Gasteiger partial charge in [0.25, 0.3) is 0 Å². The molecule has 1 N–H and O–H groups in total. The van der Waals surface area contributed by atoms with Crippen LogP contribution in [-0.2, 0) is 0 Å². The number of halogens is 1. The van der Waals surface area contributed by atoms with Crippen molar-refractivity contribution in [2.45, 2.75) is 38.6 Å². The van der Waals surface area contributed by atoms with Crippen LogP contribution in [0.5, 0.6) is 0 Å². The lowest BCUT2D eigenvalue weighted by Crippen LogP contribution is -2.22. The van der Waals surface area contributed by atoms with Crippen molar-refractivity contribution in [3.05, 3.63) is 32.4 Å². The van der Waals surface area contributed by atoms with Crippen LogP contribution < -0.4 is 5.32 Å². The van der Waals surface area contributed by atoms with Gasteiger partial charge in [-0.15, -0.1) is 11.3 Å². The Bertz CT molecular complexity index is 370. The van der Waals surface area contributed by atoms with Crippen LogP contribution in [-0.4, -0.2) is 6.54 Å². The molecule has 0 saturated carbocycles. The van der Waals surface area contributed by atoms with Gasteiger partial charge < -0.3 is 5.32 Å². The van der Waals surface area contributed by atoms with Crippen LogP contribution in [0, 0.1) is 0 Å². The minimum absolute atomic E-state index is 0.446. The number of thiophene rings is 1. The van der Waals surface area contributed by atoms with Crippen molar-refractivity contribution >= 4 is 27.3 Å². The maximum absolute atomic E-state index is 3.60. The van der Waals surface area contributed by atoms with Gasteiger partial charge in [0.15, 0.2) is 0 Å². The van der Waals surface area contributed by atoms with Gasteiger partial charge in [0.05, 0.1) is 6.04 Å². The number of hydrogen-bond donors (Lipinski definition) is 1. The van der Waals surface area contributed by atoms with Crippen molar-refractivity contribution < 1.29 is 0 Å². The fourth-order valence-electron chi connectivity index (χ4n) is 2.22. The highest BCUT2D eigenvalue weighted by molar-refractivity contribution is 9.10. The normalized spacial score (nSPS) is 18.2. The largest absolute Gasteiger partial charge is 0.306 e. The zero-order chi connectivity index (χ0) is 11.4. The molecular formula is C13H18BrNS. The van der Waals surface area contributed by atoms with Crippen molar-refractivity contribution in [1.82, 2.24) is 5.32 Å². The second-order valence-electron chi connectivity index (χ2n) is 4.18. The highest BCUT2D eigenvalue weighted by Crippen LogP contribution is 2.34. The standard InChI is InChI=1S/C13H18BrNS/c1-2-15-13(10-6-4-3-5-7-10)12-8-11(14)9-16-12/h6,8-9,13,15H,2-5,7H2,1H3. The van der Waals surface area contributed by atoms with Gasteiger partial charge in [-0.2, -0.15) is 0 Å². The van der Waals surface area contributed by atoms with Gasteiger partial charge in [0.2, 0.25) is 0 Å². The first-order valence-electron chi connectivity index (χ1n) is 5.97. The van der Waals surface area contributed by atoms with Crippen LogP contribution in [0.3, 0.4) is 0 Å². The summed E-state index contributed by atoms with van der Waals surface area (Å²) in [6.07, 6.45) is 7.65. The Balaban J connectivity index is 2.19. The molecule has 1 aliphatic carbocycles. The molecule has 3 heteroatoms. The van der Waals surface area contributed by atoms with Crippen molar-refractivity contribution in [2.24, 2.45) is 0 Å². The molecule has 0 aliphatic heterocycles. The first-order valence-corrected chi connectivity index (χ1v) is 7.64. The fraction of sp³-hybridized carbons (Fsp3) is 0.538. The summed E-state index contributed by atoms with van der Waals surface area (Å²) in [5.41, 5.74) is 1.59. The predicted molar refractivity (Wildman–Crippen MR) is 75.0 cm³/mol. The Morgan fingerprint density at radius 3 is 2.94 bits per heavy atom. The lowest BCUT2D eigenvalue weighted by Gasteiger charge is -2.23. The summed E-state index contributed by atoms with van der Waals surface area (Å²) in [7, 11) is 0. The third-order valence-electron chi connectivity index (χ3n) is 2.98. The Hall–Kier alpha value is -0.120. The van der Waals surface area contributed by atoms with Gasteiger partial charge in [-0.3, -0.25) is 0 Å². The van der Waals surface area contributed by atoms with Gasteiger partial charge in [-0.25, -0.2) is 0 Å². The minimum Gasteiger partial charge on any atom is -0.306 e. The van der Waals surface area contributed by atoms with E-state index in [1.165, 1.54) is 35.0 Å². The van der Waals surface area contributed by atoms with Crippen LogP contribution >= 0.6 is 27.3 Å². The van der Waals surface area contributed by atoms with Crippen LogP contribution in [0.15, 0.2) is 27.6 Å². The molecule has 0 amide bonds. The van der Waals surface area contributed by atoms with E-state index in [1.54, 1.807) is 5.57 Å². The first-order chi connectivity index (χ1) is 7.81. The summed E-state index contributed by atoms with van der Waals surface area (Å²) in [5.74, 6) is 0. The molecule has 1 atom stereocenters. The topological polar surface area (TPSA) is 12.0 Å². The van der Waals surface area contributed by atoms with E-state index in [4.69, 9.17) is 0 Å². The smallest absolute Gasteiger partial charge is 0.0630 e. The molecular weight excluding hydrogens is 282 g/mol. The molecule has 1 unspecified atom stereocenters. The van der Waals surface area contributed by atoms with E-state index in [1.807, 2.05) is 11.3 Å². The van der Waals surface area contributed by atoms with E-state index in [-0.39, 0.29) is 0 Å². The zero-order valence-corrected chi connectivity index (χ0v) is 12.0. The molecule has 0 radical (unpaired) electrons. The highest BCUT2D eigenvalue weighted by atomic mass is 79.9. The van der Waals surface area contributed by atoms with E-state index >= 15 is 0 Å². The number of hydrogen-bond acceptors (Lipinski definition) is 2. The molecule has 1 heterocycles. The zero-order valence-electron chi connectivity index (χ0n) is 9.63. The first kappa shape index (κ1) is 12.3. The lowest BCUT2D eigenvalue weighted by molar-refractivity contribution is 0.570. The molecule has 0 aromatic carbocycles. The number of allylic oxidation sites excluding steroid dienone is 1. The van der Waals surface area contributed by atoms with E-state index < -0.39 is 0 Å². The van der Waals surface area contributed by atoms with Crippen molar-refractivity contribution in [3.8, 4) is 0 Å². The molecule has 1 aliphatic rings. The average Bonchev–Trinajstić information content (AvgIpc) is 2.74. The Morgan fingerprint density at radius 2 is 2.38 bits per heavy atom. The third-order valence-corrected chi connectivity index (χ3v) is 4.74. The number of nitrogens with one attached hydrogen (secondary N) is 1. The molecule has 0 saturated heterocycles. The molecule has 1 nitrogen and oxygen atoms in total. The quantitative estimate of drug-likeness (QED) is 0.797. The summed E-state index contributed by atoms with van der Waals surface area (Å²) in [6.45, 7) is 3.20. The minimum atomic E-state index is 0.446. The van der Waals surface area contributed by atoms with E-state index in [2.05, 4.69) is 45.7 Å². The molecule has 0 spiro atoms. The van der Waals surface area contributed by atoms with Gasteiger partial charge >= 0.3 is 0 Å². The monoisotopic (exact) mass is 299 g/mol. The van der Waals surface area contributed by atoms with Crippen LogP contribution in [0.4, 0.5) is 0 Å². The van der Waals surface area contributed by atoms with Crippen molar-refractivity contribution in [3.63, 3.8) is 0 Å². The molecule has 1 aromatic heterocycles. The Morgan fingerprint density at radius 1 is 1.50 bits per heavy atom.